The monoisotopic (exact) mass is 1810 g/mol. The summed E-state index contributed by atoms with van der Waals surface area (Å²) in [7, 11) is 0. The minimum Gasteiger partial charge on any atom is -1.00 e. The Balaban J connectivity index is 0.000000209. The zero-order valence-corrected chi connectivity index (χ0v) is 77.8. The molecule has 6 unspecified atom stereocenters. The van der Waals surface area contributed by atoms with E-state index in [4.69, 9.17) is 54.7 Å². The van der Waals surface area contributed by atoms with E-state index in [0.29, 0.717) is 65.5 Å². The quantitative estimate of drug-likeness (QED) is 0.0182. The number of rotatable bonds is 18. The molecule has 8 N–H and O–H groups in total. The molecule has 3 aromatic heterocycles. The number of nitrogen functional groups attached to an aromatic ring is 1. The first kappa shape index (κ1) is 97.0. The van der Waals surface area contributed by atoms with Gasteiger partial charge in [0.05, 0.1) is 6.04 Å². The number of carbonyl (C=O) groups is 6. The number of anilines is 6. The molecule has 5 amide bonds. The smallest absolute Gasteiger partial charge is 1.00 e. The van der Waals surface area contributed by atoms with E-state index >= 15 is 0 Å². The van der Waals surface area contributed by atoms with Crippen LogP contribution in [0.4, 0.5) is 34.5 Å². The van der Waals surface area contributed by atoms with Crippen LogP contribution < -0.4 is 105 Å². The number of carbonyl (C=O) groups excluding carboxylic acids is 6. The third-order valence-corrected chi connectivity index (χ3v) is 22.3. The summed E-state index contributed by atoms with van der Waals surface area (Å²) < 4.78 is 18.1. The summed E-state index contributed by atoms with van der Waals surface area (Å²) in [5.41, 5.74) is 19.1. The summed E-state index contributed by atoms with van der Waals surface area (Å²) in [6, 6.07) is 52.7. The van der Waals surface area contributed by atoms with Crippen molar-refractivity contribution in [1.29, 1.82) is 0 Å². The number of amides is 5. The van der Waals surface area contributed by atoms with Gasteiger partial charge in [-0.15, -0.1) is 23.2 Å². The number of alkyl halides is 2. The predicted molar refractivity (Wildman–Crippen MR) is 476 cm³/mol. The standard InChI is InChI=1S/C33H40N4O3.C29H32ClN3O3.C26H29N3O2.C4H9N.C3H4Cl2O.HI.Na/c1-22(37-16-5-6-17-37)31(38)36-30-21-29(14-15-34-30)40-28-13-12-23-10-11-24(18-25(23)19-28)32(39)35-27-9-7-8-26(20-27)33(2,3)4;1-18(30)27(34)33-26-17-25(12-13-31-26)36-24-11-10-19-8-9-20(14-21(19)15-24)28(35)32-23-7-5-6-22(16-23)29(2,3)4;1-26(2,3)20-5-4-6-21(15-20)29-25(30)18-8-7-17-9-10-22(14-19(17)13-18)31-23-11-12-28-24(27)16-23;1-2-4-5-3-1;1-2(4)3(5)6;;/h7-9,12-15,19-22,24H,5-6,10-11,16-18H2,1-4H3,(H,35,39)(H,34,36,38);5-7,10-13,15-18,20H,8-9,14H2,1-4H3,(H,32,35)(H,31,33,34);4-6,9-12,14-16,18H,7-8,13H2,1-3H3,(H2,27,28)(H,29,30);5H,1-4H2;2H,1H3;1H;/q;;;;;;+1/p-1. The normalized spacial score (nSPS) is 16.6. The summed E-state index contributed by atoms with van der Waals surface area (Å²) in [5.74, 6) is 4.69. The zero-order valence-electron chi connectivity index (χ0n) is 71.4. The topological polar surface area (TPSA) is 270 Å². The molecule has 20 nitrogen and oxygen atoms in total. The van der Waals surface area contributed by atoms with Crippen molar-refractivity contribution in [3.63, 3.8) is 0 Å². The number of aryl methyl sites for hydroxylation is 3. The van der Waals surface area contributed by atoms with E-state index in [1.807, 2.05) is 79.7 Å². The van der Waals surface area contributed by atoms with E-state index in [9.17, 15) is 28.8 Å². The Morgan fingerprint density at radius 1 is 0.433 bits per heavy atom. The van der Waals surface area contributed by atoms with Crippen LogP contribution in [0.25, 0.3) is 0 Å². The van der Waals surface area contributed by atoms with Crippen molar-refractivity contribution >= 4 is 104 Å². The molecule has 0 bridgehead atoms. The number of fused-ring (bicyclic) bond motifs is 3. The molecule has 5 heterocycles. The molecule has 9 aromatic rings. The number of hydrogen-bond acceptors (Lipinski definition) is 15. The van der Waals surface area contributed by atoms with Crippen LogP contribution >= 0.6 is 34.8 Å². The molecule has 0 spiro atoms. The Labute approximate surface area is 762 Å². The van der Waals surface area contributed by atoms with Gasteiger partial charge in [0.2, 0.25) is 34.8 Å². The second kappa shape index (κ2) is 45.6. The van der Waals surface area contributed by atoms with Gasteiger partial charge in [0.15, 0.2) is 0 Å². The van der Waals surface area contributed by atoms with E-state index in [2.05, 4.69) is 169 Å². The molecular weight excluding hydrogens is 1700 g/mol. The number of likely N-dealkylation sites (tertiary alicyclic amines) is 1. The number of aromatic nitrogens is 3. The maximum atomic E-state index is 13.2. The zero-order chi connectivity index (χ0) is 84.8. The molecule has 3 aliphatic carbocycles. The van der Waals surface area contributed by atoms with E-state index < -0.39 is 16.0 Å². The fourth-order valence-corrected chi connectivity index (χ4v) is 14.4. The Kier molecular flexibility index (Phi) is 36.8. The first-order valence-electron chi connectivity index (χ1n) is 41.0. The van der Waals surface area contributed by atoms with Gasteiger partial charge in [0.25, 0.3) is 0 Å². The van der Waals surface area contributed by atoms with E-state index in [1.165, 1.54) is 66.2 Å². The molecule has 2 saturated heterocycles. The van der Waals surface area contributed by atoms with Crippen LogP contribution in [0.5, 0.6) is 34.5 Å². The molecule has 14 rings (SSSR count). The molecule has 2 fully saturated rings. The third-order valence-electron chi connectivity index (χ3n) is 21.4. The van der Waals surface area contributed by atoms with Gasteiger partial charge in [-0.25, -0.2) is 15.0 Å². The van der Waals surface area contributed by atoms with Crippen molar-refractivity contribution < 1.29 is 96.5 Å². The van der Waals surface area contributed by atoms with Gasteiger partial charge in [-0.05, 0) is 299 Å². The van der Waals surface area contributed by atoms with E-state index in [0.717, 1.165) is 104 Å². The van der Waals surface area contributed by atoms with Crippen LogP contribution in [0.1, 0.15) is 178 Å². The van der Waals surface area contributed by atoms with Crippen LogP contribution in [0.2, 0.25) is 0 Å². The first-order chi connectivity index (χ1) is 56.1. The van der Waals surface area contributed by atoms with Crippen molar-refractivity contribution in [3.8, 4) is 34.5 Å². The molecule has 6 aromatic carbocycles. The minimum absolute atomic E-state index is 0. The minimum atomic E-state index is -0.662. The summed E-state index contributed by atoms with van der Waals surface area (Å²) in [5, 5.41) is 16.5. The van der Waals surface area contributed by atoms with Gasteiger partial charge >= 0.3 is 29.6 Å². The van der Waals surface area contributed by atoms with Gasteiger partial charge in [-0.2, -0.15) is 0 Å². The number of benzene rings is 6. The molecule has 2 aliphatic heterocycles. The van der Waals surface area contributed by atoms with Crippen molar-refractivity contribution in [2.45, 2.75) is 200 Å². The summed E-state index contributed by atoms with van der Waals surface area (Å²) in [4.78, 5) is 88.2. The fourth-order valence-electron chi connectivity index (χ4n) is 14.3. The molecule has 632 valence electrons. The fraction of sp³-hybridized carbons (Fsp3) is 0.400. The van der Waals surface area contributed by atoms with E-state index in [1.54, 1.807) is 61.9 Å². The van der Waals surface area contributed by atoms with Crippen molar-refractivity contribution in [1.82, 2.24) is 25.2 Å². The van der Waals surface area contributed by atoms with Gasteiger partial charge in [0, 0.05) is 71.6 Å². The predicted octanol–water partition coefficient (Wildman–Crippen LogP) is 14.1. The van der Waals surface area contributed by atoms with Gasteiger partial charge in [-0.1, -0.05) is 117 Å². The van der Waals surface area contributed by atoms with Crippen LogP contribution in [-0.2, 0) is 83.5 Å². The van der Waals surface area contributed by atoms with Crippen molar-refractivity contribution in [3.05, 3.63) is 232 Å². The molecule has 5 aliphatic rings. The van der Waals surface area contributed by atoms with Gasteiger partial charge in [0.1, 0.15) is 62.7 Å². The summed E-state index contributed by atoms with van der Waals surface area (Å²) >= 11 is 15.8. The number of pyridine rings is 3. The Hall–Kier alpha value is -8.49. The molecule has 0 saturated carbocycles. The second-order valence-electron chi connectivity index (χ2n) is 33.9. The number of nitrogens with one attached hydrogen (secondary N) is 6. The second-order valence-corrected chi connectivity index (χ2v) is 35.6. The maximum Gasteiger partial charge on any atom is 1.00 e. The molecule has 0 radical (unpaired) electrons. The largest absolute Gasteiger partial charge is 1.00 e. The SMILES string of the molecule is C1CCNC1.CC(C(=O)Nc1cc(Oc2ccc3c(c2)CC(C(=O)Nc2cccc(C(C)(C)C)c2)CC3)ccn1)N1CCCC1.CC(C)(C)c1cccc(NC(=O)C2CCc3ccc(Oc4ccnc(N)c4)cc3C2)c1.CC(Cl)C(=O)Cl.CC(Cl)C(=O)Nc1cc(Oc2ccc3c(c2)CC(C(=O)Nc2cccc(C(C)(C)C)c2)CC3)ccn1.[I-].[Na+]. The van der Waals surface area contributed by atoms with E-state index in [-0.39, 0.29) is 123 Å². The van der Waals surface area contributed by atoms with Gasteiger partial charge in [-0.3, -0.25) is 33.7 Å². The first-order valence-corrected chi connectivity index (χ1v) is 42.2. The molecule has 120 heavy (non-hydrogen) atoms. The molecule has 6 atom stereocenters. The Morgan fingerprint density at radius 2 is 0.767 bits per heavy atom. The van der Waals surface area contributed by atoms with Crippen LogP contribution in [0, 0.1) is 17.8 Å². The number of nitrogens with zero attached hydrogens (tertiary/aromatic N) is 4. The average molecular weight is 1810 g/mol. The van der Waals surface area contributed by atoms with Gasteiger partial charge < -0.3 is 75.8 Å². The Bertz CT molecular complexity index is 4960. The average Bonchev–Trinajstić information content (AvgIpc) is 0.948. The summed E-state index contributed by atoms with van der Waals surface area (Å²) in [6.45, 7) is 29.0. The van der Waals surface area contributed by atoms with Crippen molar-refractivity contribution in [2.75, 3.05) is 58.5 Å². The number of nitrogens with two attached hydrogens (primary N) is 1. The third kappa shape index (κ3) is 29.9. The number of hydrogen-bond donors (Lipinski definition) is 7. The Morgan fingerprint density at radius 3 is 1.08 bits per heavy atom. The van der Waals surface area contributed by atoms with Crippen molar-refractivity contribution in [2.24, 2.45) is 17.8 Å². The molecular formula is C95H114Cl3IN11NaO9. The maximum absolute atomic E-state index is 13.2. The number of ether oxygens (including phenoxy) is 3. The number of halogens is 4. The molecule has 25 heteroatoms. The van der Waals surface area contributed by atoms with Crippen LogP contribution in [-0.4, -0.2) is 97.6 Å². The van der Waals surface area contributed by atoms with Crippen LogP contribution in [0.3, 0.4) is 0 Å². The summed E-state index contributed by atoms with van der Waals surface area (Å²) in [6.07, 6.45) is 17.0. The van der Waals surface area contributed by atoms with Crippen LogP contribution in [0.15, 0.2) is 182 Å².